The van der Waals surface area contributed by atoms with E-state index < -0.39 is 45.8 Å². The molecule has 0 amide bonds. The Kier molecular flexibility index (Phi) is 6.68. The Morgan fingerprint density at radius 3 is 2.26 bits per heavy atom. The number of hydrogen-bond donors (Lipinski definition) is 1. The van der Waals surface area contributed by atoms with E-state index in [0.29, 0.717) is 12.1 Å². The SMILES string of the molecule is OC(c1cncnc1)(c1ccc(F)cc1F)C(F)(F)c1ccc(OCc2ccc(Cl)cc2F)cn1. The number of ether oxygens (including phenoxy) is 1. The molecule has 0 aliphatic heterocycles. The molecule has 2 aromatic carbocycles. The molecule has 1 N–H and O–H groups in total. The van der Waals surface area contributed by atoms with Gasteiger partial charge in [0.05, 0.1) is 6.20 Å². The van der Waals surface area contributed by atoms with Gasteiger partial charge in [0.1, 0.15) is 41.8 Å². The third kappa shape index (κ3) is 4.67. The van der Waals surface area contributed by atoms with Crippen molar-refractivity contribution in [2.24, 2.45) is 0 Å². The Morgan fingerprint density at radius 2 is 1.63 bits per heavy atom. The number of halogens is 6. The van der Waals surface area contributed by atoms with Gasteiger partial charge < -0.3 is 9.84 Å². The lowest BCUT2D eigenvalue weighted by Crippen LogP contribution is -2.45. The highest BCUT2D eigenvalue weighted by molar-refractivity contribution is 6.30. The first-order valence-electron chi connectivity index (χ1n) is 9.97. The van der Waals surface area contributed by atoms with Crippen molar-refractivity contribution in [2.45, 2.75) is 18.1 Å². The third-order valence-electron chi connectivity index (χ3n) is 5.22. The number of hydrogen-bond acceptors (Lipinski definition) is 5. The lowest BCUT2D eigenvalue weighted by Gasteiger charge is -2.36. The molecule has 0 aliphatic carbocycles. The van der Waals surface area contributed by atoms with Crippen molar-refractivity contribution < 1.29 is 31.8 Å². The van der Waals surface area contributed by atoms with Gasteiger partial charge in [-0.15, -0.1) is 0 Å². The van der Waals surface area contributed by atoms with Gasteiger partial charge in [-0.2, -0.15) is 8.78 Å². The average Bonchev–Trinajstić information content (AvgIpc) is 2.84. The Labute approximate surface area is 200 Å². The van der Waals surface area contributed by atoms with E-state index in [9.17, 15) is 18.3 Å². The van der Waals surface area contributed by atoms with Crippen LogP contribution in [0.1, 0.15) is 22.4 Å². The highest BCUT2D eigenvalue weighted by Crippen LogP contribution is 2.49. The summed E-state index contributed by atoms with van der Waals surface area (Å²) in [6.45, 7) is -0.230. The fraction of sp³-hybridized carbons (Fsp3) is 0.125. The summed E-state index contributed by atoms with van der Waals surface area (Å²) in [5.74, 6) is -7.24. The van der Waals surface area contributed by atoms with Gasteiger partial charge in [0.15, 0.2) is 5.60 Å². The van der Waals surface area contributed by atoms with Crippen LogP contribution in [0.3, 0.4) is 0 Å². The standard InChI is InChI=1S/C24H15ClF5N3O2/c25-16-2-1-14(20(27)7-16)12-35-18-4-6-22(33-11-18)24(29,30)23(34,15-9-31-13-32-10-15)19-5-3-17(26)8-21(19)28/h1-11,13,34H,12H2. The molecular weight excluding hydrogens is 493 g/mol. The molecule has 0 aliphatic rings. The van der Waals surface area contributed by atoms with Crippen LogP contribution >= 0.6 is 11.6 Å². The first-order chi connectivity index (χ1) is 16.6. The molecule has 1 unspecified atom stereocenters. The lowest BCUT2D eigenvalue weighted by molar-refractivity contribution is -0.175. The lowest BCUT2D eigenvalue weighted by atomic mass is 9.80. The van der Waals surface area contributed by atoms with Crippen LogP contribution in [-0.2, 0) is 18.1 Å². The largest absolute Gasteiger partial charge is 0.487 e. The number of benzene rings is 2. The molecule has 4 aromatic rings. The van der Waals surface area contributed by atoms with Gasteiger partial charge >= 0.3 is 5.92 Å². The number of alkyl halides is 2. The van der Waals surface area contributed by atoms with Crippen LogP contribution in [0, 0.1) is 17.5 Å². The second kappa shape index (κ2) is 9.55. The molecule has 180 valence electrons. The molecule has 0 radical (unpaired) electrons. The molecule has 35 heavy (non-hydrogen) atoms. The minimum absolute atomic E-state index is 0.0263. The van der Waals surface area contributed by atoms with Gasteiger partial charge in [-0.1, -0.05) is 17.7 Å². The molecule has 0 fully saturated rings. The number of aromatic nitrogens is 3. The van der Waals surface area contributed by atoms with Crippen LogP contribution in [0.4, 0.5) is 22.0 Å². The van der Waals surface area contributed by atoms with Crippen molar-refractivity contribution in [1.29, 1.82) is 0 Å². The normalized spacial score (nSPS) is 13.3. The van der Waals surface area contributed by atoms with Crippen LogP contribution in [0.5, 0.6) is 5.75 Å². The first-order valence-corrected chi connectivity index (χ1v) is 10.3. The molecule has 0 spiro atoms. The quantitative estimate of drug-likeness (QED) is 0.332. The Balaban J connectivity index is 1.68. The predicted octanol–water partition coefficient (Wildman–Crippen LogP) is 5.55. The third-order valence-corrected chi connectivity index (χ3v) is 5.46. The summed E-state index contributed by atoms with van der Waals surface area (Å²) < 4.78 is 79.0. The van der Waals surface area contributed by atoms with E-state index in [1.54, 1.807) is 0 Å². The van der Waals surface area contributed by atoms with Gasteiger partial charge in [-0.05, 0) is 36.4 Å². The summed E-state index contributed by atoms with van der Waals surface area (Å²) in [5.41, 5.74) is -5.56. The second-order valence-corrected chi connectivity index (χ2v) is 7.88. The summed E-state index contributed by atoms with van der Waals surface area (Å²) in [6.07, 6.45) is 3.76. The van der Waals surface area contributed by atoms with Crippen LogP contribution in [0.25, 0.3) is 0 Å². The smallest absolute Gasteiger partial charge is 0.326 e. The molecule has 0 saturated heterocycles. The molecular formula is C24H15ClF5N3O2. The van der Waals surface area contributed by atoms with Gasteiger partial charge in [0, 0.05) is 40.2 Å². The minimum Gasteiger partial charge on any atom is -0.487 e. The molecule has 0 bridgehead atoms. The summed E-state index contributed by atoms with van der Waals surface area (Å²) in [7, 11) is 0. The number of aliphatic hydroxyl groups is 1. The van der Waals surface area contributed by atoms with Crippen molar-refractivity contribution in [2.75, 3.05) is 0 Å². The molecule has 4 rings (SSSR count). The number of rotatable bonds is 7. The first kappa shape index (κ1) is 24.5. The van der Waals surface area contributed by atoms with Crippen molar-refractivity contribution in [3.05, 3.63) is 118 Å². The van der Waals surface area contributed by atoms with E-state index >= 15 is 8.78 Å². The molecule has 5 nitrogen and oxygen atoms in total. The number of nitrogens with zero attached hydrogens (tertiary/aromatic N) is 3. The van der Waals surface area contributed by atoms with E-state index in [1.165, 1.54) is 12.1 Å². The van der Waals surface area contributed by atoms with Crippen molar-refractivity contribution >= 4 is 11.6 Å². The maximum absolute atomic E-state index is 15.8. The predicted molar refractivity (Wildman–Crippen MR) is 115 cm³/mol. The van der Waals surface area contributed by atoms with Crippen LogP contribution in [0.15, 0.2) is 73.4 Å². The Hall–Kier alpha value is -3.63. The average molecular weight is 508 g/mol. The van der Waals surface area contributed by atoms with Crippen molar-refractivity contribution in [3.8, 4) is 5.75 Å². The molecule has 1 atom stereocenters. The topological polar surface area (TPSA) is 68.1 Å². The van der Waals surface area contributed by atoms with Gasteiger partial charge in [-0.3, -0.25) is 4.98 Å². The molecule has 11 heteroatoms. The molecule has 0 saturated carbocycles. The zero-order chi connectivity index (χ0) is 25.2. The maximum atomic E-state index is 15.8. The summed E-state index contributed by atoms with van der Waals surface area (Å²) in [6, 6.07) is 7.80. The van der Waals surface area contributed by atoms with E-state index in [0.717, 1.165) is 49.2 Å². The van der Waals surface area contributed by atoms with Crippen molar-refractivity contribution in [1.82, 2.24) is 15.0 Å². The van der Waals surface area contributed by atoms with Crippen LogP contribution < -0.4 is 4.74 Å². The maximum Gasteiger partial charge on any atom is 0.326 e. The highest BCUT2D eigenvalue weighted by atomic mass is 35.5. The fourth-order valence-electron chi connectivity index (χ4n) is 3.41. The Bertz CT molecular complexity index is 1340. The van der Waals surface area contributed by atoms with Gasteiger partial charge in [0.2, 0.25) is 0 Å². The van der Waals surface area contributed by atoms with E-state index in [4.69, 9.17) is 16.3 Å². The van der Waals surface area contributed by atoms with Gasteiger partial charge in [0.25, 0.3) is 0 Å². The molecule has 2 heterocycles. The zero-order valence-electron chi connectivity index (χ0n) is 17.6. The molecule has 2 aromatic heterocycles. The van der Waals surface area contributed by atoms with E-state index in [1.807, 2.05) is 0 Å². The van der Waals surface area contributed by atoms with E-state index in [2.05, 4.69) is 15.0 Å². The second-order valence-electron chi connectivity index (χ2n) is 7.44. The summed E-state index contributed by atoms with van der Waals surface area (Å²) in [4.78, 5) is 10.9. The van der Waals surface area contributed by atoms with Crippen molar-refractivity contribution in [3.63, 3.8) is 0 Å². The minimum atomic E-state index is -4.24. The van der Waals surface area contributed by atoms with E-state index in [-0.39, 0.29) is 22.9 Å². The highest BCUT2D eigenvalue weighted by Gasteiger charge is 2.59. The van der Waals surface area contributed by atoms with Crippen LogP contribution in [-0.4, -0.2) is 20.1 Å². The summed E-state index contributed by atoms with van der Waals surface area (Å²) in [5, 5.41) is 11.5. The monoisotopic (exact) mass is 507 g/mol. The Morgan fingerprint density at radius 1 is 0.886 bits per heavy atom. The van der Waals surface area contributed by atoms with Crippen LogP contribution in [0.2, 0.25) is 5.02 Å². The zero-order valence-corrected chi connectivity index (χ0v) is 18.4. The number of pyridine rings is 1. The van der Waals surface area contributed by atoms with Gasteiger partial charge in [-0.25, -0.2) is 23.1 Å². The fourth-order valence-corrected chi connectivity index (χ4v) is 3.57. The summed E-state index contributed by atoms with van der Waals surface area (Å²) >= 11 is 5.70.